The molecule has 0 aliphatic rings. The molecule has 2 aromatic rings. The Balaban J connectivity index is 1.78. The Morgan fingerprint density at radius 3 is 2.30 bits per heavy atom. The fourth-order valence-electron chi connectivity index (χ4n) is 2.55. The van der Waals surface area contributed by atoms with Crippen LogP contribution in [0.3, 0.4) is 0 Å². The van der Waals surface area contributed by atoms with E-state index in [9.17, 15) is 14.4 Å². The van der Waals surface area contributed by atoms with Crippen LogP contribution in [0, 0.1) is 27.7 Å². The summed E-state index contributed by atoms with van der Waals surface area (Å²) in [4.78, 5) is 35.5. The average molecular weight is 368 g/mol. The van der Waals surface area contributed by atoms with Gasteiger partial charge in [0.2, 0.25) is 0 Å². The molecule has 0 atom stereocenters. The summed E-state index contributed by atoms with van der Waals surface area (Å²) < 4.78 is 4.94. The summed E-state index contributed by atoms with van der Waals surface area (Å²) >= 11 is 0. The van der Waals surface area contributed by atoms with E-state index < -0.39 is 24.5 Å². The first-order valence-corrected chi connectivity index (χ1v) is 8.64. The van der Waals surface area contributed by atoms with E-state index in [1.54, 1.807) is 6.07 Å². The number of imide groups is 1. The Kier molecular flexibility index (Phi) is 6.71. The van der Waals surface area contributed by atoms with Crippen LogP contribution in [0.4, 0.5) is 10.5 Å². The van der Waals surface area contributed by atoms with E-state index in [0.717, 1.165) is 27.8 Å². The van der Waals surface area contributed by atoms with E-state index in [1.807, 2.05) is 58.0 Å². The van der Waals surface area contributed by atoms with Crippen molar-refractivity contribution in [1.29, 1.82) is 0 Å². The first-order chi connectivity index (χ1) is 12.7. The summed E-state index contributed by atoms with van der Waals surface area (Å²) in [5, 5.41) is 4.74. The van der Waals surface area contributed by atoms with Crippen molar-refractivity contribution < 1.29 is 19.1 Å². The number of esters is 1. The summed E-state index contributed by atoms with van der Waals surface area (Å²) in [6, 6.07) is 10.6. The minimum atomic E-state index is -0.689. The lowest BCUT2D eigenvalue weighted by molar-refractivity contribution is -0.147. The standard InChI is InChI=1S/C21H24N2O4/c1-13-5-8-18(16(4)9-13)22-21(26)23-19(24)12-27-20(25)11-17-7-6-14(2)15(3)10-17/h5-10H,11-12H2,1-4H3,(H2,22,23,24,26). The van der Waals surface area contributed by atoms with E-state index in [1.165, 1.54) is 0 Å². The van der Waals surface area contributed by atoms with E-state index >= 15 is 0 Å². The Labute approximate surface area is 158 Å². The van der Waals surface area contributed by atoms with Gasteiger partial charge < -0.3 is 10.1 Å². The zero-order valence-corrected chi connectivity index (χ0v) is 16.0. The van der Waals surface area contributed by atoms with Gasteiger partial charge in [-0.15, -0.1) is 0 Å². The first-order valence-electron chi connectivity index (χ1n) is 8.64. The molecule has 0 spiro atoms. The number of carbonyl (C=O) groups excluding carboxylic acids is 3. The number of amides is 3. The Morgan fingerprint density at radius 1 is 0.889 bits per heavy atom. The topological polar surface area (TPSA) is 84.5 Å². The van der Waals surface area contributed by atoms with Crippen molar-refractivity contribution in [3.05, 3.63) is 64.2 Å². The van der Waals surface area contributed by atoms with Gasteiger partial charge in [0.15, 0.2) is 6.61 Å². The number of urea groups is 1. The summed E-state index contributed by atoms with van der Waals surface area (Å²) in [6.07, 6.45) is 0.0726. The second-order valence-electron chi connectivity index (χ2n) is 6.58. The number of hydrogen-bond donors (Lipinski definition) is 2. The van der Waals surface area contributed by atoms with Crippen molar-refractivity contribution in [2.45, 2.75) is 34.1 Å². The quantitative estimate of drug-likeness (QED) is 0.793. The van der Waals surface area contributed by atoms with Crippen LogP contribution < -0.4 is 10.6 Å². The van der Waals surface area contributed by atoms with Crippen molar-refractivity contribution in [3.8, 4) is 0 Å². The SMILES string of the molecule is Cc1ccc(NC(=O)NC(=O)COC(=O)Cc2ccc(C)c(C)c2)c(C)c1. The molecule has 2 N–H and O–H groups in total. The molecule has 0 saturated heterocycles. The van der Waals surface area contributed by atoms with Gasteiger partial charge in [-0.05, 0) is 56.0 Å². The summed E-state index contributed by atoms with van der Waals surface area (Å²) in [7, 11) is 0. The minimum absolute atomic E-state index is 0.0726. The maximum atomic E-state index is 11.9. The molecule has 0 aliphatic heterocycles. The van der Waals surface area contributed by atoms with Crippen LogP contribution in [0.25, 0.3) is 0 Å². The lowest BCUT2D eigenvalue weighted by atomic mass is 10.0. The van der Waals surface area contributed by atoms with Crippen molar-refractivity contribution in [3.63, 3.8) is 0 Å². The van der Waals surface area contributed by atoms with Crippen LogP contribution in [0.5, 0.6) is 0 Å². The molecule has 0 heterocycles. The molecule has 0 saturated carbocycles. The molecule has 6 nitrogen and oxygen atoms in total. The molecule has 2 rings (SSSR count). The molecule has 0 radical (unpaired) electrons. The van der Waals surface area contributed by atoms with Gasteiger partial charge in [-0.3, -0.25) is 14.9 Å². The van der Waals surface area contributed by atoms with Gasteiger partial charge in [0, 0.05) is 5.69 Å². The monoisotopic (exact) mass is 368 g/mol. The summed E-state index contributed by atoms with van der Waals surface area (Å²) in [5.41, 5.74) is 5.61. The highest BCUT2D eigenvalue weighted by Gasteiger charge is 2.12. The molecule has 0 bridgehead atoms. The maximum Gasteiger partial charge on any atom is 0.325 e. The third kappa shape index (κ3) is 6.26. The molecular formula is C21H24N2O4. The number of hydrogen-bond acceptors (Lipinski definition) is 4. The van der Waals surface area contributed by atoms with Gasteiger partial charge >= 0.3 is 12.0 Å². The van der Waals surface area contributed by atoms with E-state index in [4.69, 9.17) is 4.74 Å². The Hall–Kier alpha value is -3.15. The molecule has 0 unspecified atom stereocenters. The van der Waals surface area contributed by atoms with Gasteiger partial charge in [0.25, 0.3) is 5.91 Å². The van der Waals surface area contributed by atoms with Crippen LogP contribution in [-0.2, 0) is 20.7 Å². The second kappa shape index (κ2) is 8.98. The highest BCUT2D eigenvalue weighted by Crippen LogP contribution is 2.15. The van der Waals surface area contributed by atoms with Crippen molar-refractivity contribution in [1.82, 2.24) is 5.32 Å². The molecule has 2 aromatic carbocycles. The number of ether oxygens (including phenoxy) is 1. The zero-order valence-electron chi connectivity index (χ0n) is 16.0. The lowest BCUT2D eigenvalue weighted by Crippen LogP contribution is -2.37. The largest absolute Gasteiger partial charge is 0.455 e. The minimum Gasteiger partial charge on any atom is -0.455 e. The summed E-state index contributed by atoms with van der Waals surface area (Å²) in [6.45, 7) is 7.26. The molecular weight excluding hydrogens is 344 g/mol. The second-order valence-corrected chi connectivity index (χ2v) is 6.58. The predicted molar refractivity (Wildman–Crippen MR) is 104 cm³/mol. The van der Waals surface area contributed by atoms with E-state index in [2.05, 4.69) is 10.6 Å². The molecule has 6 heteroatoms. The average Bonchev–Trinajstić information content (AvgIpc) is 2.59. The maximum absolute atomic E-state index is 11.9. The van der Waals surface area contributed by atoms with Crippen LogP contribution in [0.1, 0.15) is 27.8 Å². The highest BCUT2D eigenvalue weighted by atomic mass is 16.5. The van der Waals surface area contributed by atoms with Gasteiger partial charge in [0.1, 0.15) is 0 Å². The van der Waals surface area contributed by atoms with Crippen LogP contribution in [-0.4, -0.2) is 24.5 Å². The number of benzene rings is 2. The predicted octanol–water partition coefficient (Wildman–Crippen LogP) is 3.35. The van der Waals surface area contributed by atoms with Crippen molar-refractivity contribution in [2.75, 3.05) is 11.9 Å². The molecule has 0 aromatic heterocycles. The number of carbonyl (C=O) groups is 3. The lowest BCUT2D eigenvalue weighted by Gasteiger charge is -2.10. The number of rotatable bonds is 5. The van der Waals surface area contributed by atoms with Crippen molar-refractivity contribution >= 4 is 23.6 Å². The van der Waals surface area contributed by atoms with Crippen LogP contribution in [0.15, 0.2) is 36.4 Å². The van der Waals surface area contributed by atoms with Crippen molar-refractivity contribution in [2.24, 2.45) is 0 Å². The van der Waals surface area contributed by atoms with Gasteiger partial charge in [0.05, 0.1) is 6.42 Å². The van der Waals surface area contributed by atoms with Gasteiger partial charge in [-0.1, -0.05) is 35.9 Å². The van der Waals surface area contributed by atoms with E-state index in [-0.39, 0.29) is 6.42 Å². The molecule has 142 valence electrons. The van der Waals surface area contributed by atoms with Gasteiger partial charge in [-0.2, -0.15) is 0 Å². The third-order valence-electron chi connectivity index (χ3n) is 4.17. The number of aryl methyl sites for hydroxylation is 4. The van der Waals surface area contributed by atoms with Crippen LogP contribution >= 0.6 is 0 Å². The van der Waals surface area contributed by atoms with Gasteiger partial charge in [-0.25, -0.2) is 4.79 Å². The Bertz CT molecular complexity index is 874. The number of nitrogens with one attached hydrogen (secondary N) is 2. The van der Waals surface area contributed by atoms with E-state index in [0.29, 0.717) is 5.69 Å². The molecule has 27 heavy (non-hydrogen) atoms. The fraction of sp³-hybridized carbons (Fsp3) is 0.286. The molecule has 3 amide bonds. The molecule has 0 aliphatic carbocycles. The molecule has 0 fully saturated rings. The first kappa shape index (κ1) is 20.2. The smallest absolute Gasteiger partial charge is 0.325 e. The summed E-state index contributed by atoms with van der Waals surface area (Å²) in [5.74, 6) is -1.21. The fourth-order valence-corrected chi connectivity index (χ4v) is 2.55. The highest BCUT2D eigenvalue weighted by molar-refractivity contribution is 6.02. The third-order valence-corrected chi connectivity index (χ3v) is 4.17. The number of anilines is 1. The zero-order chi connectivity index (χ0) is 20.0. The Morgan fingerprint density at radius 2 is 1.63 bits per heavy atom. The normalized spacial score (nSPS) is 10.2. The van der Waals surface area contributed by atoms with Crippen LogP contribution in [0.2, 0.25) is 0 Å².